The van der Waals surface area contributed by atoms with E-state index in [4.69, 9.17) is 4.74 Å². The first-order chi connectivity index (χ1) is 14.4. The normalized spacial score (nSPS) is 24.0. The second-order valence-corrected chi connectivity index (χ2v) is 10.5. The Hall–Kier alpha value is -1.94. The number of amides is 1. The van der Waals surface area contributed by atoms with Crippen LogP contribution < -0.4 is 15.0 Å². The number of rotatable bonds is 6. The number of fused-ring (bicyclic) bond motifs is 1. The Bertz CT molecular complexity index is 879. The number of ether oxygens (including phenoxy) is 1. The Labute approximate surface area is 178 Å². The van der Waals surface area contributed by atoms with Crippen LogP contribution in [-0.4, -0.2) is 66.1 Å². The minimum Gasteiger partial charge on any atom is -0.475 e. The Morgan fingerprint density at radius 3 is 2.53 bits per heavy atom. The summed E-state index contributed by atoms with van der Waals surface area (Å²) in [6.07, 6.45) is 9.59. The van der Waals surface area contributed by atoms with Crippen LogP contribution in [-0.2, 0) is 14.8 Å². The van der Waals surface area contributed by atoms with Crippen molar-refractivity contribution in [3.63, 3.8) is 0 Å². The van der Waals surface area contributed by atoms with E-state index in [0.29, 0.717) is 49.9 Å². The summed E-state index contributed by atoms with van der Waals surface area (Å²) in [4.78, 5) is 24.1. The first kappa shape index (κ1) is 21.3. The van der Waals surface area contributed by atoms with E-state index >= 15 is 0 Å². The van der Waals surface area contributed by atoms with E-state index in [2.05, 4.69) is 15.3 Å². The van der Waals surface area contributed by atoms with Crippen LogP contribution in [0.25, 0.3) is 0 Å². The van der Waals surface area contributed by atoms with Gasteiger partial charge in [-0.1, -0.05) is 26.2 Å². The zero-order valence-corrected chi connectivity index (χ0v) is 18.5. The first-order valence-electron chi connectivity index (χ1n) is 10.9. The summed E-state index contributed by atoms with van der Waals surface area (Å²) in [6, 6.07) is 0.259. The highest BCUT2D eigenvalue weighted by Gasteiger charge is 2.40. The highest BCUT2D eigenvalue weighted by Crippen LogP contribution is 2.38. The van der Waals surface area contributed by atoms with Crippen LogP contribution >= 0.6 is 0 Å². The van der Waals surface area contributed by atoms with Crippen molar-refractivity contribution < 1.29 is 17.9 Å². The summed E-state index contributed by atoms with van der Waals surface area (Å²) in [5, 5.41) is 3.33. The fourth-order valence-electron chi connectivity index (χ4n) is 4.62. The molecular weight excluding hydrogens is 406 g/mol. The van der Waals surface area contributed by atoms with Crippen molar-refractivity contribution in [3.8, 4) is 5.75 Å². The molecule has 1 atom stereocenters. The average molecular weight is 438 g/mol. The maximum Gasteiger partial charge on any atom is 0.269 e. The van der Waals surface area contributed by atoms with Crippen molar-refractivity contribution in [2.45, 2.75) is 76.5 Å². The number of aromatic nitrogens is 2. The monoisotopic (exact) mass is 437 g/mol. The lowest BCUT2D eigenvalue weighted by Crippen LogP contribution is -2.50. The van der Waals surface area contributed by atoms with E-state index in [-0.39, 0.29) is 18.0 Å². The van der Waals surface area contributed by atoms with E-state index in [1.165, 1.54) is 10.6 Å². The Balaban J connectivity index is 1.52. The standard InChI is InChI=1S/C20H31N5O4S/c1-3-6-16-19(26)25(15-7-4-5-8-15)18-17(29-16)13-21-20(23-18)22-14-9-11-24(12-10-14)30(2,27)28/h13-16H,3-12H2,1-2H3,(H,21,22,23)/t16-/m0/s1. The smallest absolute Gasteiger partial charge is 0.269 e. The molecule has 1 amide bonds. The highest BCUT2D eigenvalue weighted by molar-refractivity contribution is 7.88. The lowest BCUT2D eigenvalue weighted by Gasteiger charge is -2.37. The Morgan fingerprint density at radius 2 is 1.90 bits per heavy atom. The minimum atomic E-state index is -3.15. The molecule has 1 aliphatic carbocycles. The molecule has 1 aromatic heterocycles. The maximum atomic E-state index is 13.2. The van der Waals surface area contributed by atoms with Gasteiger partial charge in [-0.2, -0.15) is 4.98 Å². The van der Waals surface area contributed by atoms with Crippen LogP contribution in [0.5, 0.6) is 5.75 Å². The van der Waals surface area contributed by atoms with Crippen molar-refractivity contribution >= 4 is 27.7 Å². The third kappa shape index (κ3) is 4.39. The van der Waals surface area contributed by atoms with Crippen LogP contribution in [0, 0.1) is 0 Å². The van der Waals surface area contributed by atoms with Crippen LogP contribution in [0.3, 0.4) is 0 Å². The third-order valence-electron chi connectivity index (χ3n) is 6.24. The number of hydrogen-bond acceptors (Lipinski definition) is 7. The molecule has 3 heterocycles. The van der Waals surface area contributed by atoms with E-state index in [1.807, 2.05) is 11.8 Å². The van der Waals surface area contributed by atoms with Crippen LogP contribution in [0.15, 0.2) is 6.20 Å². The molecule has 0 aromatic carbocycles. The van der Waals surface area contributed by atoms with Gasteiger partial charge in [0.15, 0.2) is 17.7 Å². The Kier molecular flexibility index (Phi) is 6.15. The lowest BCUT2D eigenvalue weighted by molar-refractivity contribution is -0.127. The summed E-state index contributed by atoms with van der Waals surface area (Å²) >= 11 is 0. The molecule has 0 bridgehead atoms. The fourth-order valence-corrected chi connectivity index (χ4v) is 5.50. The molecule has 30 heavy (non-hydrogen) atoms. The Morgan fingerprint density at radius 1 is 1.20 bits per heavy atom. The summed E-state index contributed by atoms with van der Waals surface area (Å²) in [5.74, 6) is 1.59. The van der Waals surface area contributed by atoms with Gasteiger partial charge in [-0.3, -0.25) is 9.69 Å². The highest BCUT2D eigenvalue weighted by atomic mass is 32.2. The average Bonchev–Trinajstić information content (AvgIpc) is 3.23. The zero-order chi connectivity index (χ0) is 21.3. The number of nitrogens with zero attached hydrogens (tertiary/aromatic N) is 4. The van der Waals surface area contributed by atoms with Gasteiger partial charge in [0.05, 0.1) is 12.5 Å². The number of nitrogens with one attached hydrogen (secondary N) is 1. The molecule has 10 heteroatoms. The molecule has 0 unspecified atom stereocenters. The number of anilines is 2. The molecule has 3 aliphatic rings. The van der Waals surface area contributed by atoms with Crippen LogP contribution in [0.4, 0.5) is 11.8 Å². The number of carbonyl (C=O) groups excluding carboxylic acids is 1. The molecule has 1 saturated carbocycles. The van der Waals surface area contributed by atoms with Gasteiger partial charge < -0.3 is 10.1 Å². The minimum absolute atomic E-state index is 0.00219. The van der Waals surface area contributed by atoms with Gasteiger partial charge in [0.1, 0.15) is 0 Å². The van der Waals surface area contributed by atoms with E-state index in [0.717, 1.165) is 32.1 Å². The van der Waals surface area contributed by atoms with Gasteiger partial charge in [-0.15, -0.1) is 0 Å². The maximum absolute atomic E-state index is 13.2. The topological polar surface area (TPSA) is 105 Å². The molecule has 4 rings (SSSR count). The lowest BCUT2D eigenvalue weighted by atomic mass is 10.1. The fraction of sp³-hybridized carbons (Fsp3) is 0.750. The van der Waals surface area contributed by atoms with E-state index in [1.54, 1.807) is 6.20 Å². The van der Waals surface area contributed by atoms with Crippen molar-refractivity contribution in [2.75, 3.05) is 29.6 Å². The second kappa shape index (κ2) is 8.66. The number of hydrogen-bond donors (Lipinski definition) is 1. The molecule has 166 valence electrons. The molecular formula is C20H31N5O4S. The predicted octanol–water partition coefficient (Wildman–Crippen LogP) is 2.15. The van der Waals surface area contributed by atoms with E-state index in [9.17, 15) is 13.2 Å². The van der Waals surface area contributed by atoms with Gasteiger partial charge in [0.2, 0.25) is 16.0 Å². The van der Waals surface area contributed by atoms with Crippen molar-refractivity contribution in [1.29, 1.82) is 0 Å². The van der Waals surface area contributed by atoms with Crippen LogP contribution in [0.1, 0.15) is 58.3 Å². The molecule has 1 saturated heterocycles. The summed E-state index contributed by atoms with van der Waals surface area (Å²) in [6.45, 7) is 3.01. The molecule has 2 fully saturated rings. The summed E-state index contributed by atoms with van der Waals surface area (Å²) in [7, 11) is -3.15. The predicted molar refractivity (Wildman–Crippen MR) is 114 cm³/mol. The zero-order valence-electron chi connectivity index (χ0n) is 17.7. The molecule has 0 radical (unpaired) electrons. The first-order valence-corrected chi connectivity index (χ1v) is 12.8. The van der Waals surface area contributed by atoms with Crippen molar-refractivity contribution in [3.05, 3.63) is 6.20 Å². The van der Waals surface area contributed by atoms with Gasteiger partial charge in [-0.25, -0.2) is 17.7 Å². The number of piperidine rings is 1. The molecule has 1 aromatic rings. The van der Waals surface area contributed by atoms with Gasteiger partial charge in [0.25, 0.3) is 5.91 Å². The summed E-state index contributed by atoms with van der Waals surface area (Å²) in [5.41, 5.74) is 0. The van der Waals surface area contributed by atoms with Gasteiger partial charge >= 0.3 is 0 Å². The van der Waals surface area contributed by atoms with Crippen molar-refractivity contribution in [1.82, 2.24) is 14.3 Å². The SMILES string of the molecule is CCC[C@@H]1Oc2cnc(NC3CCN(S(C)(=O)=O)CC3)nc2N(C2CCCC2)C1=O. The molecule has 9 nitrogen and oxygen atoms in total. The third-order valence-corrected chi connectivity index (χ3v) is 7.55. The second-order valence-electron chi connectivity index (χ2n) is 8.50. The largest absolute Gasteiger partial charge is 0.475 e. The molecule has 1 N–H and O–H groups in total. The number of sulfonamides is 1. The summed E-state index contributed by atoms with van der Waals surface area (Å²) < 4.78 is 30.9. The molecule has 2 aliphatic heterocycles. The van der Waals surface area contributed by atoms with Crippen molar-refractivity contribution in [2.24, 2.45) is 0 Å². The van der Waals surface area contributed by atoms with Gasteiger partial charge in [-0.05, 0) is 32.1 Å². The van der Waals surface area contributed by atoms with Crippen LogP contribution in [0.2, 0.25) is 0 Å². The number of carbonyl (C=O) groups is 1. The quantitative estimate of drug-likeness (QED) is 0.727. The van der Waals surface area contributed by atoms with Gasteiger partial charge in [0, 0.05) is 25.2 Å². The molecule has 0 spiro atoms. The van der Waals surface area contributed by atoms with E-state index < -0.39 is 16.1 Å².